The van der Waals surface area contributed by atoms with Gasteiger partial charge in [0, 0.05) is 18.6 Å². The Morgan fingerprint density at radius 3 is 2.48 bits per heavy atom. The molecule has 0 radical (unpaired) electrons. The molecule has 21 heavy (non-hydrogen) atoms. The third-order valence-corrected chi connectivity index (χ3v) is 5.61. The standard InChI is InChI=1S/C18H28N2O/c19-18(14-21)10-3-6-17(18)9-13-20-11-7-15-4-1-2-5-16(15)8-12-20/h1-2,4-5,17,21H,3,6-14,19H2. The van der Waals surface area contributed by atoms with Crippen molar-refractivity contribution in [1.82, 2.24) is 4.90 Å². The van der Waals surface area contributed by atoms with Crippen LogP contribution >= 0.6 is 0 Å². The second-order valence-electron chi connectivity index (χ2n) is 6.88. The molecule has 2 aliphatic rings. The largest absolute Gasteiger partial charge is 0.394 e. The van der Waals surface area contributed by atoms with Crippen molar-refractivity contribution in [3.63, 3.8) is 0 Å². The lowest BCUT2D eigenvalue weighted by Gasteiger charge is -2.31. The van der Waals surface area contributed by atoms with E-state index in [-0.39, 0.29) is 12.1 Å². The second kappa shape index (κ2) is 6.47. The number of fused-ring (bicyclic) bond motifs is 1. The van der Waals surface area contributed by atoms with Crippen molar-refractivity contribution in [2.75, 3.05) is 26.2 Å². The first-order chi connectivity index (χ1) is 10.2. The van der Waals surface area contributed by atoms with Gasteiger partial charge in [-0.1, -0.05) is 30.7 Å². The van der Waals surface area contributed by atoms with Gasteiger partial charge in [-0.25, -0.2) is 0 Å². The molecule has 0 amide bonds. The number of nitrogens with zero attached hydrogens (tertiary/aromatic N) is 1. The van der Waals surface area contributed by atoms with E-state index in [1.165, 1.54) is 24.0 Å². The van der Waals surface area contributed by atoms with Crippen LogP contribution in [0.5, 0.6) is 0 Å². The Bertz CT molecular complexity index is 449. The molecule has 1 aromatic carbocycles. The summed E-state index contributed by atoms with van der Waals surface area (Å²) < 4.78 is 0. The van der Waals surface area contributed by atoms with Crippen LogP contribution in [0.15, 0.2) is 24.3 Å². The van der Waals surface area contributed by atoms with E-state index in [1.807, 2.05) is 0 Å². The third-order valence-electron chi connectivity index (χ3n) is 5.61. The number of hydrogen-bond donors (Lipinski definition) is 2. The zero-order chi connectivity index (χ0) is 14.7. The number of aliphatic hydroxyl groups is 1. The summed E-state index contributed by atoms with van der Waals surface area (Å²) in [6.07, 6.45) is 6.80. The van der Waals surface area contributed by atoms with Crippen molar-refractivity contribution in [1.29, 1.82) is 0 Å². The van der Waals surface area contributed by atoms with E-state index >= 15 is 0 Å². The number of nitrogens with two attached hydrogens (primary N) is 1. The fraction of sp³-hybridized carbons (Fsp3) is 0.667. The Balaban J connectivity index is 1.53. The topological polar surface area (TPSA) is 49.5 Å². The van der Waals surface area contributed by atoms with Crippen LogP contribution in [0.4, 0.5) is 0 Å². The first-order valence-corrected chi connectivity index (χ1v) is 8.40. The first kappa shape index (κ1) is 15.0. The normalized spacial score (nSPS) is 30.1. The van der Waals surface area contributed by atoms with Gasteiger partial charge in [0.1, 0.15) is 0 Å². The van der Waals surface area contributed by atoms with Crippen molar-refractivity contribution >= 4 is 0 Å². The zero-order valence-corrected chi connectivity index (χ0v) is 12.9. The van der Waals surface area contributed by atoms with Gasteiger partial charge in [-0.05, 0) is 55.7 Å². The summed E-state index contributed by atoms with van der Waals surface area (Å²) in [5.74, 6) is 0.494. The number of rotatable bonds is 4. The van der Waals surface area contributed by atoms with E-state index in [1.54, 1.807) is 0 Å². The molecule has 3 rings (SSSR count). The van der Waals surface area contributed by atoms with Crippen LogP contribution in [0.2, 0.25) is 0 Å². The summed E-state index contributed by atoms with van der Waals surface area (Å²) in [4.78, 5) is 2.58. The smallest absolute Gasteiger partial charge is 0.0613 e. The van der Waals surface area contributed by atoms with Crippen LogP contribution < -0.4 is 5.73 Å². The Labute approximate surface area is 128 Å². The molecule has 1 saturated carbocycles. The SMILES string of the molecule is NC1(CO)CCCC1CCN1CCc2ccccc2CC1. The lowest BCUT2D eigenvalue weighted by Crippen LogP contribution is -2.48. The minimum absolute atomic E-state index is 0.142. The monoisotopic (exact) mass is 288 g/mol. The summed E-state index contributed by atoms with van der Waals surface area (Å²) in [7, 11) is 0. The number of benzene rings is 1. The summed E-state index contributed by atoms with van der Waals surface area (Å²) in [6, 6.07) is 8.84. The molecule has 0 bridgehead atoms. The van der Waals surface area contributed by atoms with E-state index in [0.29, 0.717) is 5.92 Å². The maximum absolute atomic E-state index is 9.56. The molecule has 0 aromatic heterocycles. The lowest BCUT2D eigenvalue weighted by molar-refractivity contribution is 0.144. The first-order valence-electron chi connectivity index (χ1n) is 8.40. The van der Waals surface area contributed by atoms with Gasteiger partial charge >= 0.3 is 0 Å². The van der Waals surface area contributed by atoms with Gasteiger partial charge < -0.3 is 15.7 Å². The maximum atomic E-state index is 9.56. The summed E-state index contributed by atoms with van der Waals surface area (Å²) in [5.41, 5.74) is 9.07. The molecule has 0 spiro atoms. The molecule has 2 unspecified atom stereocenters. The van der Waals surface area contributed by atoms with Crippen molar-refractivity contribution in [2.45, 2.75) is 44.1 Å². The van der Waals surface area contributed by atoms with Gasteiger partial charge in [-0.3, -0.25) is 0 Å². The van der Waals surface area contributed by atoms with Crippen LogP contribution in [-0.2, 0) is 12.8 Å². The van der Waals surface area contributed by atoms with Crippen molar-refractivity contribution in [2.24, 2.45) is 11.7 Å². The van der Waals surface area contributed by atoms with E-state index in [4.69, 9.17) is 5.73 Å². The van der Waals surface area contributed by atoms with Crippen LogP contribution in [0.3, 0.4) is 0 Å². The van der Waals surface area contributed by atoms with Gasteiger partial charge in [0.25, 0.3) is 0 Å². The highest BCUT2D eigenvalue weighted by molar-refractivity contribution is 5.28. The average Bonchev–Trinajstić information content (AvgIpc) is 2.76. The van der Waals surface area contributed by atoms with Crippen LogP contribution in [0.1, 0.15) is 36.8 Å². The van der Waals surface area contributed by atoms with E-state index in [0.717, 1.165) is 45.3 Å². The lowest BCUT2D eigenvalue weighted by atomic mass is 9.86. The molecular weight excluding hydrogens is 260 g/mol. The molecule has 1 fully saturated rings. The zero-order valence-electron chi connectivity index (χ0n) is 12.9. The third kappa shape index (κ3) is 3.31. The predicted molar refractivity (Wildman–Crippen MR) is 86.3 cm³/mol. The molecule has 116 valence electrons. The quantitative estimate of drug-likeness (QED) is 0.890. The molecule has 0 saturated heterocycles. The van der Waals surface area contributed by atoms with Crippen LogP contribution in [0.25, 0.3) is 0 Å². The van der Waals surface area contributed by atoms with Gasteiger partial charge in [0.15, 0.2) is 0 Å². The average molecular weight is 288 g/mol. The summed E-state index contributed by atoms with van der Waals surface area (Å²) in [6.45, 7) is 3.57. The molecule has 3 N–H and O–H groups in total. The number of aliphatic hydroxyl groups excluding tert-OH is 1. The minimum Gasteiger partial charge on any atom is -0.394 e. The maximum Gasteiger partial charge on any atom is 0.0613 e. The van der Waals surface area contributed by atoms with Crippen molar-refractivity contribution < 1.29 is 5.11 Å². The van der Waals surface area contributed by atoms with Gasteiger partial charge in [0.05, 0.1) is 6.61 Å². The van der Waals surface area contributed by atoms with Gasteiger partial charge in [0.2, 0.25) is 0 Å². The van der Waals surface area contributed by atoms with Crippen molar-refractivity contribution in [3.05, 3.63) is 35.4 Å². The van der Waals surface area contributed by atoms with E-state index < -0.39 is 0 Å². The Morgan fingerprint density at radius 2 is 1.86 bits per heavy atom. The van der Waals surface area contributed by atoms with Crippen LogP contribution in [-0.4, -0.2) is 41.8 Å². The molecule has 3 heteroatoms. The highest BCUT2D eigenvalue weighted by atomic mass is 16.3. The van der Waals surface area contributed by atoms with Crippen LogP contribution in [0, 0.1) is 5.92 Å². The second-order valence-corrected chi connectivity index (χ2v) is 6.88. The predicted octanol–water partition coefficient (Wildman–Crippen LogP) is 1.97. The van der Waals surface area contributed by atoms with Crippen molar-refractivity contribution in [3.8, 4) is 0 Å². The van der Waals surface area contributed by atoms with Gasteiger partial charge in [-0.15, -0.1) is 0 Å². The fourth-order valence-electron chi connectivity index (χ4n) is 4.09. The molecule has 1 aliphatic heterocycles. The molecular formula is C18H28N2O. The molecule has 1 aromatic rings. The molecule has 3 nitrogen and oxygen atoms in total. The Kier molecular flexibility index (Phi) is 4.63. The molecule has 1 aliphatic carbocycles. The summed E-state index contributed by atoms with van der Waals surface area (Å²) >= 11 is 0. The van der Waals surface area contributed by atoms with E-state index in [2.05, 4.69) is 29.2 Å². The Morgan fingerprint density at radius 1 is 1.19 bits per heavy atom. The highest BCUT2D eigenvalue weighted by Crippen LogP contribution is 2.35. The fourth-order valence-corrected chi connectivity index (χ4v) is 4.09. The number of hydrogen-bond acceptors (Lipinski definition) is 3. The Hall–Kier alpha value is -0.900. The van der Waals surface area contributed by atoms with E-state index in [9.17, 15) is 5.11 Å². The molecule has 1 heterocycles. The minimum atomic E-state index is -0.311. The highest BCUT2D eigenvalue weighted by Gasteiger charge is 2.38. The molecule has 2 atom stereocenters. The van der Waals surface area contributed by atoms with Gasteiger partial charge in [-0.2, -0.15) is 0 Å². The summed E-state index contributed by atoms with van der Waals surface area (Å²) in [5, 5.41) is 9.56.